The van der Waals surface area contributed by atoms with Gasteiger partial charge in [0.15, 0.2) is 0 Å². The van der Waals surface area contributed by atoms with Crippen LogP contribution in [-0.4, -0.2) is 22.0 Å². The van der Waals surface area contributed by atoms with Crippen LogP contribution in [0.25, 0.3) is 22.0 Å². The van der Waals surface area contributed by atoms with E-state index >= 15 is 0 Å². The van der Waals surface area contributed by atoms with Crippen LogP contribution < -0.4 is 5.32 Å². The average molecular weight is 521 g/mol. The van der Waals surface area contributed by atoms with Gasteiger partial charge in [-0.1, -0.05) is 68.4 Å². The van der Waals surface area contributed by atoms with Crippen LogP contribution in [0.1, 0.15) is 85.0 Å². The van der Waals surface area contributed by atoms with E-state index < -0.39 is 5.97 Å². The van der Waals surface area contributed by atoms with Crippen LogP contribution in [-0.2, 0) is 4.79 Å². The standard InChI is InChI=1S/C34H36N2O3/c1-21(2)28-6-4-5-7-31(28)36-34(39)30-18-22(3)35-32-20-27(16-17-29(30)32)26-14-12-25(13-15-26)24-10-8-23(9-11-24)19-33(37)38/h4-7,12-18,20-21,23-24H,8-11,19H2,1-3H3,(H,36,39)(H,37,38). The number of rotatable bonds is 7. The van der Waals surface area contributed by atoms with E-state index in [0.29, 0.717) is 23.3 Å². The average Bonchev–Trinajstić information content (AvgIpc) is 2.92. The lowest BCUT2D eigenvalue weighted by Gasteiger charge is -2.28. The maximum Gasteiger partial charge on any atom is 0.303 e. The van der Waals surface area contributed by atoms with Crippen molar-refractivity contribution in [1.29, 1.82) is 0 Å². The molecule has 0 spiro atoms. The van der Waals surface area contributed by atoms with Gasteiger partial charge in [0, 0.05) is 23.2 Å². The summed E-state index contributed by atoms with van der Waals surface area (Å²) in [4.78, 5) is 29.2. The second kappa shape index (κ2) is 11.4. The van der Waals surface area contributed by atoms with Crippen molar-refractivity contribution >= 4 is 28.5 Å². The molecule has 2 N–H and O–H groups in total. The summed E-state index contributed by atoms with van der Waals surface area (Å²) >= 11 is 0. The number of aromatic nitrogens is 1. The number of hydrogen-bond donors (Lipinski definition) is 2. The fourth-order valence-corrected chi connectivity index (χ4v) is 5.93. The van der Waals surface area contributed by atoms with Crippen LogP contribution in [0.4, 0.5) is 5.69 Å². The third-order valence-corrected chi connectivity index (χ3v) is 8.04. The number of fused-ring (bicyclic) bond motifs is 1. The summed E-state index contributed by atoms with van der Waals surface area (Å²) in [6.07, 6.45) is 4.34. The Balaban J connectivity index is 1.36. The Morgan fingerprint density at radius 1 is 0.923 bits per heavy atom. The number of carbonyl (C=O) groups is 2. The Labute approximate surface area is 230 Å². The molecule has 0 atom stereocenters. The van der Waals surface area contributed by atoms with Gasteiger partial charge in [0.25, 0.3) is 5.91 Å². The Morgan fingerprint density at radius 3 is 2.31 bits per heavy atom. The SMILES string of the molecule is Cc1cc(C(=O)Nc2ccccc2C(C)C)c2ccc(-c3ccc(C4CCC(CC(=O)O)CC4)cc3)cc2n1. The summed E-state index contributed by atoms with van der Waals surface area (Å²) in [6, 6.07) is 24.7. The zero-order chi connectivity index (χ0) is 27.5. The van der Waals surface area contributed by atoms with E-state index in [-0.39, 0.29) is 12.3 Å². The van der Waals surface area contributed by atoms with Gasteiger partial charge in [0.05, 0.1) is 11.1 Å². The van der Waals surface area contributed by atoms with Crippen molar-refractivity contribution in [2.45, 2.75) is 64.7 Å². The molecule has 1 amide bonds. The number of nitrogens with one attached hydrogen (secondary N) is 1. The van der Waals surface area contributed by atoms with Gasteiger partial charge >= 0.3 is 5.97 Å². The largest absolute Gasteiger partial charge is 0.481 e. The van der Waals surface area contributed by atoms with E-state index in [0.717, 1.165) is 64.7 Å². The minimum absolute atomic E-state index is 0.131. The summed E-state index contributed by atoms with van der Waals surface area (Å²) in [5, 5.41) is 13.0. The molecule has 4 aromatic rings. The molecule has 1 heterocycles. The molecule has 3 aromatic carbocycles. The van der Waals surface area contributed by atoms with Crippen molar-refractivity contribution in [2.75, 3.05) is 5.32 Å². The van der Waals surface area contributed by atoms with Crippen LogP contribution in [0.3, 0.4) is 0 Å². The van der Waals surface area contributed by atoms with Gasteiger partial charge < -0.3 is 10.4 Å². The van der Waals surface area contributed by atoms with E-state index in [4.69, 9.17) is 10.1 Å². The number of pyridine rings is 1. The fourth-order valence-electron chi connectivity index (χ4n) is 5.93. The molecule has 0 aliphatic heterocycles. The van der Waals surface area contributed by atoms with Crippen LogP contribution in [0, 0.1) is 12.8 Å². The van der Waals surface area contributed by atoms with Gasteiger partial charge in [-0.15, -0.1) is 0 Å². The molecule has 1 saturated carbocycles. The van der Waals surface area contributed by atoms with E-state index in [1.54, 1.807) is 0 Å². The van der Waals surface area contributed by atoms with Gasteiger partial charge in [0.2, 0.25) is 0 Å². The first-order chi connectivity index (χ1) is 18.8. The van der Waals surface area contributed by atoms with Crippen LogP contribution in [0.5, 0.6) is 0 Å². The lowest BCUT2D eigenvalue weighted by Crippen LogP contribution is -2.16. The second-order valence-corrected chi connectivity index (χ2v) is 11.2. The Morgan fingerprint density at radius 2 is 1.62 bits per heavy atom. The van der Waals surface area contributed by atoms with Gasteiger partial charge in [-0.25, -0.2) is 0 Å². The number of carboxylic acid groups (broad SMARTS) is 1. The highest BCUT2D eigenvalue weighted by atomic mass is 16.4. The third-order valence-electron chi connectivity index (χ3n) is 8.04. The van der Waals surface area contributed by atoms with Crippen molar-refractivity contribution < 1.29 is 14.7 Å². The summed E-state index contributed by atoms with van der Waals surface area (Å²) in [7, 11) is 0. The highest BCUT2D eigenvalue weighted by Crippen LogP contribution is 2.38. The molecule has 39 heavy (non-hydrogen) atoms. The van der Waals surface area contributed by atoms with E-state index in [1.807, 2.05) is 37.3 Å². The number of aryl methyl sites for hydroxylation is 1. The molecule has 5 heteroatoms. The van der Waals surface area contributed by atoms with Crippen molar-refractivity contribution in [1.82, 2.24) is 4.98 Å². The molecule has 0 saturated heterocycles. The monoisotopic (exact) mass is 520 g/mol. The molecule has 1 aliphatic carbocycles. The van der Waals surface area contributed by atoms with Crippen molar-refractivity contribution in [3.8, 4) is 11.1 Å². The smallest absolute Gasteiger partial charge is 0.303 e. The van der Waals surface area contributed by atoms with Gasteiger partial charge in [0.1, 0.15) is 0 Å². The van der Waals surface area contributed by atoms with E-state index in [9.17, 15) is 9.59 Å². The molecule has 5 nitrogen and oxygen atoms in total. The molecular formula is C34H36N2O3. The molecule has 200 valence electrons. The predicted molar refractivity (Wildman–Crippen MR) is 157 cm³/mol. The predicted octanol–water partition coefficient (Wildman–Crippen LogP) is 8.33. The molecular weight excluding hydrogens is 484 g/mol. The summed E-state index contributed by atoms with van der Waals surface area (Å²) in [5.41, 5.74) is 7.67. The minimum atomic E-state index is -0.688. The number of anilines is 1. The number of amides is 1. The number of benzene rings is 3. The Kier molecular flexibility index (Phi) is 7.78. The number of carboxylic acids is 1. The zero-order valence-electron chi connectivity index (χ0n) is 22.9. The molecule has 1 aliphatic rings. The van der Waals surface area contributed by atoms with Gasteiger partial charge in [-0.2, -0.15) is 0 Å². The first-order valence-electron chi connectivity index (χ1n) is 13.9. The third kappa shape index (κ3) is 6.03. The number of nitrogens with zero attached hydrogens (tertiary/aromatic N) is 1. The fraction of sp³-hybridized carbons (Fsp3) is 0.324. The highest BCUT2D eigenvalue weighted by molar-refractivity contribution is 6.13. The number of carbonyl (C=O) groups excluding carboxylic acids is 1. The summed E-state index contributed by atoms with van der Waals surface area (Å²) < 4.78 is 0. The van der Waals surface area contributed by atoms with Crippen LogP contribution in [0.15, 0.2) is 72.8 Å². The molecule has 1 aromatic heterocycles. The van der Waals surface area contributed by atoms with Crippen molar-refractivity contribution in [2.24, 2.45) is 5.92 Å². The lowest BCUT2D eigenvalue weighted by atomic mass is 9.77. The van der Waals surface area contributed by atoms with Gasteiger partial charge in [-0.05, 0) is 90.8 Å². The highest BCUT2D eigenvalue weighted by Gasteiger charge is 2.24. The topological polar surface area (TPSA) is 79.3 Å². The maximum atomic E-state index is 13.4. The maximum absolute atomic E-state index is 13.4. The zero-order valence-corrected chi connectivity index (χ0v) is 22.9. The molecule has 5 rings (SSSR count). The molecule has 0 unspecified atom stereocenters. The van der Waals surface area contributed by atoms with Crippen molar-refractivity contribution in [3.63, 3.8) is 0 Å². The Bertz CT molecular complexity index is 1500. The first kappa shape index (κ1) is 26.6. The van der Waals surface area contributed by atoms with Gasteiger partial charge in [-0.3, -0.25) is 14.6 Å². The lowest BCUT2D eigenvalue weighted by molar-refractivity contribution is -0.138. The Hall–Kier alpha value is -3.99. The molecule has 1 fully saturated rings. The van der Waals surface area contributed by atoms with E-state index in [2.05, 4.69) is 61.6 Å². The number of para-hydroxylation sites is 1. The van der Waals surface area contributed by atoms with Crippen LogP contribution >= 0.6 is 0 Å². The molecule has 0 bridgehead atoms. The minimum Gasteiger partial charge on any atom is -0.481 e. The first-order valence-corrected chi connectivity index (χ1v) is 13.9. The normalized spacial score (nSPS) is 17.3. The number of aliphatic carboxylic acids is 1. The summed E-state index contributed by atoms with van der Waals surface area (Å²) in [6.45, 7) is 6.17. The van der Waals surface area contributed by atoms with E-state index in [1.165, 1.54) is 5.56 Å². The summed E-state index contributed by atoms with van der Waals surface area (Å²) in [5.74, 6) is 0.287. The number of hydrogen-bond acceptors (Lipinski definition) is 3. The molecule has 0 radical (unpaired) electrons. The van der Waals surface area contributed by atoms with Crippen molar-refractivity contribution in [3.05, 3.63) is 95.2 Å². The van der Waals surface area contributed by atoms with Crippen LogP contribution in [0.2, 0.25) is 0 Å². The second-order valence-electron chi connectivity index (χ2n) is 11.2. The quantitative estimate of drug-likeness (QED) is 0.257.